The molecule has 0 saturated heterocycles. The Morgan fingerprint density at radius 1 is 1.60 bits per heavy atom. The van der Waals surface area contributed by atoms with Gasteiger partial charge in [0.2, 0.25) is 0 Å². The zero-order chi connectivity index (χ0) is 8.20. The maximum absolute atomic E-state index is 10.5. The van der Waals surface area contributed by atoms with Crippen LogP contribution in [0.3, 0.4) is 0 Å². The summed E-state index contributed by atoms with van der Waals surface area (Å²) >= 11 is 0. The minimum atomic E-state index is -3.33. The second-order valence-electron chi connectivity index (χ2n) is 1.68. The van der Waals surface area contributed by atoms with E-state index in [-0.39, 0.29) is 12.2 Å². The molecule has 0 bridgehead atoms. The minimum Gasteiger partial charge on any atom is -0.481 e. The Bertz CT molecular complexity index is 226. The van der Waals surface area contributed by atoms with E-state index in [9.17, 15) is 13.2 Å². The number of aliphatic carboxylic acids is 1. The van der Waals surface area contributed by atoms with E-state index in [4.69, 9.17) is 5.11 Å². The van der Waals surface area contributed by atoms with Crippen molar-refractivity contribution in [2.24, 2.45) is 0 Å². The molecule has 0 aliphatic heterocycles. The second kappa shape index (κ2) is 3.36. The quantitative estimate of drug-likeness (QED) is 0.635. The van der Waals surface area contributed by atoms with E-state index in [1.807, 2.05) is 0 Å². The van der Waals surface area contributed by atoms with Gasteiger partial charge in [-0.05, 0) is 0 Å². The van der Waals surface area contributed by atoms with Gasteiger partial charge in [-0.15, -0.1) is 0 Å². The molecule has 10 heavy (non-hydrogen) atoms. The van der Waals surface area contributed by atoms with Crippen molar-refractivity contribution in [3.8, 4) is 0 Å². The van der Waals surface area contributed by atoms with E-state index < -0.39 is 15.8 Å². The van der Waals surface area contributed by atoms with Gasteiger partial charge in [-0.25, -0.2) is 8.42 Å². The molecule has 0 aromatic rings. The average Bonchev–Trinajstić information content (AvgIpc) is 1.85. The maximum atomic E-state index is 10.5. The molecule has 0 aromatic heterocycles. The summed E-state index contributed by atoms with van der Waals surface area (Å²) in [4.78, 5) is 9.86. The summed E-state index contributed by atoms with van der Waals surface area (Å²) in [5, 5.41) is 8.83. The van der Waals surface area contributed by atoms with Crippen molar-refractivity contribution in [3.05, 3.63) is 12.0 Å². The highest BCUT2D eigenvalue weighted by Gasteiger charge is 2.07. The fraction of sp³-hybridized carbons (Fsp3) is 0.400. The van der Waals surface area contributed by atoms with Crippen molar-refractivity contribution in [1.82, 2.24) is 0 Å². The summed E-state index contributed by atoms with van der Waals surface area (Å²) in [5.74, 6) is -1.49. The Morgan fingerprint density at radius 3 is 2.40 bits per heavy atom. The Kier molecular flexibility index (Phi) is 3.08. The molecule has 58 valence electrons. The third-order valence-electron chi connectivity index (χ3n) is 0.854. The molecule has 0 spiro atoms. The van der Waals surface area contributed by atoms with E-state index in [1.54, 1.807) is 0 Å². The fourth-order valence-corrected chi connectivity index (χ4v) is 0.939. The summed E-state index contributed by atoms with van der Waals surface area (Å²) in [6.07, 6.45) is -0.367. The number of hydrogen-bond acceptors (Lipinski definition) is 3. The van der Waals surface area contributed by atoms with Gasteiger partial charge in [0.05, 0.1) is 12.2 Å². The van der Waals surface area contributed by atoms with Crippen LogP contribution < -0.4 is 0 Å². The minimum absolute atomic E-state index is 0.367. The lowest BCUT2D eigenvalue weighted by Gasteiger charge is -1.91. The van der Waals surface area contributed by atoms with Gasteiger partial charge in [0, 0.05) is 5.41 Å². The van der Waals surface area contributed by atoms with E-state index in [1.165, 1.54) is 0 Å². The van der Waals surface area contributed by atoms with Crippen LogP contribution in [-0.2, 0) is 14.6 Å². The van der Waals surface area contributed by atoms with Crippen LogP contribution in [0.25, 0.3) is 0 Å². The fourth-order valence-electron chi connectivity index (χ4n) is 0.313. The van der Waals surface area contributed by atoms with Gasteiger partial charge in [-0.3, -0.25) is 4.79 Å². The molecule has 0 aliphatic rings. The van der Waals surface area contributed by atoms with Gasteiger partial charge in [0.1, 0.15) is 0 Å². The standard InChI is InChI=1S/C5H8O4S/c1-2-10(8,9)4-3-5(6)7/h2H,1,3-4H2,(H,6,7). The van der Waals surface area contributed by atoms with Crippen LogP contribution in [-0.4, -0.2) is 25.2 Å². The highest BCUT2D eigenvalue weighted by molar-refractivity contribution is 7.94. The van der Waals surface area contributed by atoms with Crippen LogP contribution in [0.2, 0.25) is 0 Å². The Balaban J connectivity index is 3.93. The molecule has 0 heterocycles. The van der Waals surface area contributed by atoms with E-state index >= 15 is 0 Å². The molecule has 0 atom stereocenters. The molecule has 0 rings (SSSR count). The smallest absolute Gasteiger partial charge is 0.304 e. The molecule has 0 saturated carbocycles. The van der Waals surface area contributed by atoms with E-state index in [0.717, 1.165) is 5.41 Å². The summed E-state index contributed by atoms with van der Waals surface area (Å²) < 4.78 is 21.0. The molecule has 0 aromatic carbocycles. The molecule has 0 amide bonds. The second-order valence-corrected chi connectivity index (χ2v) is 3.74. The van der Waals surface area contributed by atoms with Crippen molar-refractivity contribution < 1.29 is 18.3 Å². The molecule has 0 radical (unpaired) electrons. The summed E-state index contributed by atoms with van der Waals surface area (Å²) in [7, 11) is -3.33. The molecular weight excluding hydrogens is 156 g/mol. The van der Waals surface area contributed by atoms with Gasteiger partial charge in [0.25, 0.3) is 0 Å². The van der Waals surface area contributed by atoms with Gasteiger partial charge in [0.15, 0.2) is 9.84 Å². The third-order valence-corrected chi connectivity index (χ3v) is 2.14. The first-order valence-corrected chi connectivity index (χ1v) is 4.26. The Hall–Kier alpha value is -0.840. The summed E-state index contributed by atoms with van der Waals surface area (Å²) in [5.41, 5.74) is 0. The van der Waals surface area contributed by atoms with Crippen molar-refractivity contribution >= 4 is 15.8 Å². The van der Waals surface area contributed by atoms with Crippen LogP contribution in [0.4, 0.5) is 0 Å². The molecule has 1 N–H and O–H groups in total. The molecular formula is C5H8O4S. The van der Waals surface area contributed by atoms with Gasteiger partial charge < -0.3 is 5.11 Å². The highest BCUT2D eigenvalue weighted by atomic mass is 32.2. The topological polar surface area (TPSA) is 71.4 Å². The largest absolute Gasteiger partial charge is 0.481 e. The molecule has 0 fully saturated rings. The van der Waals surface area contributed by atoms with E-state index in [0.29, 0.717) is 0 Å². The Labute approximate surface area is 59.1 Å². The van der Waals surface area contributed by atoms with Crippen LogP contribution in [0, 0.1) is 0 Å². The van der Waals surface area contributed by atoms with Crippen LogP contribution in [0.15, 0.2) is 12.0 Å². The molecule has 4 nitrogen and oxygen atoms in total. The van der Waals surface area contributed by atoms with Gasteiger partial charge in [-0.1, -0.05) is 6.58 Å². The number of carboxylic acid groups (broad SMARTS) is 1. The summed E-state index contributed by atoms with van der Waals surface area (Å²) in [6.45, 7) is 3.03. The number of sulfone groups is 1. The molecule has 0 unspecified atom stereocenters. The van der Waals surface area contributed by atoms with Crippen LogP contribution in [0.1, 0.15) is 6.42 Å². The zero-order valence-corrected chi connectivity index (χ0v) is 6.10. The normalized spacial score (nSPS) is 10.8. The number of carbonyl (C=O) groups is 1. The van der Waals surface area contributed by atoms with Crippen molar-refractivity contribution in [2.45, 2.75) is 6.42 Å². The van der Waals surface area contributed by atoms with Crippen LogP contribution in [0.5, 0.6) is 0 Å². The Morgan fingerprint density at radius 2 is 2.10 bits per heavy atom. The highest BCUT2D eigenvalue weighted by Crippen LogP contribution is 1.93. The van der Waals surface area contributed by atoms with E-state index in [2.05, 4.69) is 6.58 Å². The third kappa shape index (κ3) is 4.08. The first-order chi connectivity index (χ1) is 4.48. The average molecular weight is 164 g/mol. The molecule has 5 heteroatoms. The maximum Gasteiger partial charge on any atom is 0.304 e. The SMILES string of the molecule is C=CS(=O)(=O)CCC(=O)O. The number of rotatable bonds is 4. The first kappa shape index (κ1) is 9.16. The van der Waals surface area contributed by atoms with Crippen LogP contribution >= 0.6 is 0 Å². The van der Waals surface area contributed by atoms with Gasteiger partial charge >= 0.3 is 5.97 Å². The van der Waals surface area contributed by atoms with Gasteiger partial charge in [-0.2, -0.15) is 0 Å². The summed E-state index contributed by atoms with van der Waals surface area (Å²) in [6, 6.07) is 0. The van der Waals surface area contributed by atoms with Crippen molar-refractivity contribution in [1.29, 1.82) is 0 Å². The number of hydrogen-bond donors (Lipinski definition) is 1. The predicted molar refractivity (Wildman–Crippen MR) is 36.2 cm³/mol. The zero-order valence-electron chi connectivity index (χ0n) is 5.28. The number of carboxylic acids is 1. The monoisotopic (exact) mass is 164 g/mol. The lowest BCUT2D eigenvalue weighted by Crippen LogP contribution is -2.07. The van der Waals surface area contributed by atoms with Crippen molar-refractivity contribution in [3.63, 3.8) is 0 Å². The van der Waals surface area contributed by atoms with Crippen molar-refractivity contribution in [2.75, 3.05) is 5.75 Å². The molecule has 0 aliphatic carbocycles. The first-order valence-electron chi connectivity index (χ1n) is 2.55. The predicted octanol–water partition coefficient (Wildman–Crippen LogP) is 0.0194. The lowest BCUT2D eigenvalue weighted by atomic mass is 10.5. The lowest BCUT2D eigenvalue weighted by molar-refractivity contribution is -0.136.